The minimum atomic E-state index is -0.380. The van der Waals surface area contributed by atoms with Crippen molar-refractivity contribution in [2.75, 3.05) is 17.7 Å². The molecule has 0 aliphatic heterocycles. The molecule has 3 heterocycles. The number of aromatic nitrogens is 5. The number of rotatable bonds is 7. The molecule has 4 rings (SSSR count). The number of nitrogens with one attached hydrogen (secondary N) is 3. The molecule has 10 heteroatoms. The highest BCUT2D eigenvalue weighted by atomic mass is 16.5. The molecule has 3 aromatic heterocycles. The fraction of sp³-hybridized carbons (Fsp3) is 0.105. The van der Waals surface area contributed by atoms with Crippen molar-refractivity contribution in [1.82, 2.24) is 25.1 Å². The number of carbonyl (C=O) groups is 1. The third-order valence-corrected chi connectivity index (χ3v) is 4.01. The van der Waals surface area contributed by atoms with Crippen LogP contribution in [0.5, 0.6) is 0 Å². The van der Waals surface area contributed by atoms with Gasteiger partial charge in [-0.15, -0.1) is 0 Å². The summed E-state index contributed by atoms with van der Waals surface area (Å²) in [5.41, 5.74) is 2.12. The number of methoxy groups -OCH3 is 1. The van der Waals surface area contributed by atoms with Crippen LogP contribution >= 0.6 is 0 Å². The molecule has 4 aromatic rings. The Bertz CT molecular complexity index is 1090. The average molecular weight is 391 g/mol. The van der Waals surface area contributed by atoms with Crippen molar-refractivity contribution in [2.24, 2.45) is 0 Å². The lowest BCUT2D eigenvalue weighted by atomic mass is 10.1. The fourth-order valence-electron chi connectivity index (χ4n) is 2.57. The topological polar surface area (TPSA) is 131 Å². The summed E-state index contributed by atoms with van der Waals surface area (Å²) in [5, 5.41) is 13.2. The molecule has 0 fully saturated rings. The largest absolute Gasteiger partial charge is 0.467 e. The zero-order valence-electron chi connectivity index (χ0n) is 15.4. The molecule has 1 aromatic carbocycles. The summed E-state index contributed by atoms with van der Waals surface area (Å²) < 4.78 is 9.97. The summed E-state index contributed by atoms with van der Waals surface area (Å²) in [4.78, 5) is 24.0. The zero-order valence-corrected chi connectivity index (χ0v) is 15.4. The number of hydrogen-bond acceptors (Lipinski definition) is 9. The zero-order chi connectivity index (χ0) is 20.1. The third-order valence-electron chi connectivity index (χ3n) is 4.01. The predicted octanol–water partition coefficient (Wildman–Crippen LogP) is 3.00. The first-order valence-electron chi connectivity index (χ1n) is 8.68. The highest BCUT2D eigenvalue weighted by molar-refractivity contribution is 5.89. The minimum absolute atomic E-state index is 0.348. The van der Waals surface area contributed by atoms with E-state index in [1.165, 1.54) is 13.4 Å². The molecule has 0 aliphatic carbocycles. The molecule has 29 heavy (non-hydrogen) atoms. The number of esters is 1. The third kappa shape index (κ3) is 4.38. The molecule has 0 bridgehead atoms. The first-order valence-corrected chi connectivity index (χ1v) is 8.68. The van der Waals surface area contributed by atoms with Gasteiger partial charge in [-0.05, 0) is 29.8 Å². The molecule has 0 radical (unpaired) electrons. The maximum atomic E-state index is 11.5. The Morgan fingerprint density at radius 3 is 2.76 bits per heavy atom. The Balaban J connectivity index is 1.42. The van der Waals surface area contributed by atoms with Crippen molar-refractivity contribution in [3.8, 4) is 11.3 Å². The van der Waals surface area contributed by atoms with Crippen LogP contribution in [0.4, 0.5) is 17.7 Å². The molecule has 0 aliphatic rings. The second-order valence-corrected chi connectivity index (χ2v) is 5.93. The van der Waals surface area contributed by atoms with Gasteiger partial charge in [-0.2, -0.15) is 10.1 Å². The molecular weight excluding hydrogens is 374 g/mol. The highest BCUT2D eigenvalue weighted by Crippen LogP contribution is 2.22. The second-order valence-electron chi connectivity index (χ2n) is 5.93. The number of H-pyrrole nitrogens is 1. The van der Waals surface area contributed by atoms with Crippen LogP contribution < -0.4 is 10.6 Å². The maximum Gasteiger partial charge on any atom is 0.337 e. The lowest BCUT2D eigenvalue weighted by Gasteiger charge is -2.04. The smallest absolute Gasteiger partial charge is 0.337 e. The van der Waals surface area contributed by atoms with Crippen molar-refractivity contribution >= 4 is 23.7 Å². The molecule has 0 saturated heterocycles. The summed E-state index contributed by atoms with van der Waals surface area (Å²) in [6.07, 6.45) is 3.01. The molecule has 0 spiro atoms. The number of ether oxygens (including phenoxy) is 1. The van der Waals surface area contributed by atoms with Crippen LogP contribution in [0.2, 0.25) is 0 Å². The van der Waals surface area contributed by atoms with Crippen LogP contribution in [-0.4, -0.2) is 38.2 Å². The first-order chi connectivity index (χ1) is 14.2. The molecule has 146 valence electrons. The number of benzene rings is 1. The van der Waals surface area contributed by atoms with E-state index < -0.39 is 0 Å². The van der Waals surface area contributed by atoms with E-state index in [1.807, 2.05) is 30.3 Å². The van der Waals surface area contributed by atoms with Crippen LogP contribution in [0.3, 0.4) is 0 Å². The van der Waals surface area contributed by atoms with Gasteiger partial charge in [-0.3, -0.25) is 5.10 Å². The second kappa shape index (κ2) is 8.21. The normalized spacial score (nSPS) is 10.5. The van der Waals surface area contributed by atoms with Gasteiger partial charge in [0.2, 0.25) is 11.9 Å². The van der Waals surface area contributed by atoms with E-state index in [0.717, 1.165) is 17.0 Å². The monoisotopic (exact) mass is 391 g/mol. The maximum absolute atomic E-state index is 11.5. The van der Waals surface area contributed by atoms with Gasteiger partial charge in [-0.25, -0.2) is 14.8 Å². The molecule has 0 saturated carbocycles. The van der Waals surface area contributed by atoms with Crippen LogP contribution in [0, 0.1) is 0 Å². The van der Waals surface area contributed by atoms with Gasteiger partial charge in [0.15, 0.2) is 5.82 Å². The van der Waals surface area contributed by atoms with Crippen LogP contribution in [-0.2, 0) is 11.3 Å². The van der Waals surface area contributed by atoms with E-state index in [2.05, 4.69) is 35.8 Å². The Morgan fingerprint density at radius 1 is 1.17 bits per heavy atom. The number of nitrogens with zero attached hydrogens (tertiary/aromatic N) is 4. The summed E-state index contributed by atoms with van der Waals surface area (Å²) >= 11 is 0. The van der Waals surface area contributed by atoms with Gasteiger partial charge in [0.05, 0.1) is 31.2 Å². The summed E-state index contributed by atoms with van der Waals surface area (Å²) in [6, 6.07) is 12.5. The minimum Gasteiger partial charge on any atom is -0.467 e. The quantitative estimate of drug-likeness (QED) is 0.407. The van der Waals surface area contributed by atoms with E-state index in [-0.39, 0.29) is 5.97 Å². The van der Waals surface area contributed by atoms with Crippen LogP contribution in [0.1, 0.15) is 16.1 Å². The van der Waals surface area contributed by atoms with Crippen molar-refractivity contribution in [3.05, 3.63) is 66.4 Å². The standard InChI is InChI=1S/C19H17N7O3/c1-28-17(27)13-6-4-12(5-7-13)15-9-16(26-25-15)23-19-22-11-21-18(24-19)20-10-14-3-2-8-29-14/h2-9,11H,10H2,1H3,(H3,20,21,22,23,24,25,26). The van der Waals surface area contributed by atoms with E-state index in [0.29, 0.717) is 29.8 Å². The Morgan fingerprint density at radius 2 is 2.00 bits per heavy atom. The SMILES string of the molecule is COC(=O)c1ccc(-c2cc(Nc3ncnc(NCc4ccco4)n3)n[nH]2)cc1. The number of aromatic amines is 1. The molecular formula is C19H17N7O3. The van der Waals surface area contributed by atoms with Gasteiger partial charge in [0.25, 0.3) is 0 Å². The summed E-state index contributed by atoms with van der Waals surface area (Å²) in [5.74, 6) is 1.69. The molecule has 0 amide bonds. The Kier molecular flexibility index (Phi) is 5.14. The van der Waals surface area contributed by atoms with Gasteiger partial charge >= 0.3 is 5.97 Å². The van der Waals surface area contributed by atoms with Gasteiger partial charge in [0.1, 0.15) is 12.1 Å². The number of furan rings is 1. The summed E-state index contributed by atoms with van der Waals surface area (Å²) in [7, 11) is 1.35. The Hall–Kier alpha value is -4.21. The predicted molar refractivity (Wildman–Crippen MR) is 105 cm³/mol. The van der Waals surface area contributed by atoms with Crippen LogP contribution in [0.25, 0.3) is 11.3 Å². The van der Waals surface area contributed by atoms with Gasteiger partial charge in [0, 0.05) is 6.07 Å². The highest BCUT2D eigenvalue weighted by Gasteiger charge is 2.09. The molecule has 0 atom stereocenters. The number of carbonyl (C=O) groups excluding carboxylic acids is 1. The van der Waals surface area contributed by atoms with E-state index in [9.17, 15) is 4.79 Å². The lowest BCUT2D eigenvalue weighted by Crippen LogP contribution is -2.06. The van der Waals surface area contributed by atoms with Crippen molar-refractivity contribution in [2.45, 2.75) is 6.54 Å². The fourth-order valence-corrected chi connectivity index (χ4v) is 2.57. The molecule has 0 unspecified atom stereocenters. The van der Waals surface area contributed by atoms with E-state index in [4.69, 9.17) is 9.15 Å². The van der Waals surface area contributed by atoms with Crippen molar-refractivity contribution in [3.63, 3.8) is 0 Å². The molecule has 10 nitrogen and oxygen atoms in total. The first kappa shape index (κ1) is 18.2. The Labute approximate surface area is 165 Å². The molecule has 3 N–H and O–H groups in total. The lowest BCUT2D eigenvalue weighted by molar-refractivity contribution is 0.0600. The van der Waals surface area contributed by atoms with E-state index >= 15 is 0 Å². The number of anilines is 3. The van der Waals surface area contributed by atoms with Gasteiger partial charge < -0.3 is 19.8 Å². The number of hydrogen-bond donors (Lipinski definition) is 3. The van der Waals surface area contributed by atoms with E-state index in [1.54, 1.807) is 18.4 Å². The summed E-state index contributed by atoms with van der Waals surface area (Å²) in [6.45, 7) is 0.463. The average Bonchev–Trinajstić information content (AvgIpc) is 3.44. The van der Waals surface area contributed by atoms with Crippen molar-refractivity contribution < 1.29 is 13.9 Å². The van der Waals surface area contributed by atoms with Crippen LogP contribution in [0.15, 0.2) is 59.5 Å². The van der Waals surface area contributed by atoms with Crippen molar-refractivity contribution in [1.29, 1.82) is 0 Å². The van der Waals surface area contributed by atoms with Gasteiger partial charge in [-0.1, -0.05) is 12.1 Å².